The van der Waals surface area contributed by atoms with Crippen LogP contribution in [-0.4, -0.2) is 24.9 Å². The molecule has 3 rings (SSSR count). The van der Waals surface area contributed by atoms with E-state index >= 15 is 0 Å². The molecule has 0 aliphatic rings. The number of hydrogen-bond acceptors (Lipinski definition) is 5. The highest BCUT2D eigenvalue weighted by Crippen LogP contribution is 2.40. The van der Waals surface area contributed by atoms with Crippen LogP contribution in [0.25, 0.3) is 11.1 Å². The van der Waals surface area contributed by atoms with E-state index in [1.54, 1.807) is 24.3 Å². The van der Waals surface area contributed by atoms with Crippen LogP contribution in [0.4, 0.5) is 10.7 Å². The van der Waals surface area contributed by atoms with Crippen molar-refractivity contribution < 1.29 is 19.1 Å². The van der Waals surface area contributed by atoms with E-state index in [0.717, 1.165) is 16.0 Å². The van der Waals surface area contributed by atoms with E-state index in [9.17, 15) is 14.4 Å². The summed E-state index contributed by atoms with van der Waals surface area (Å²) in [5.41, 5.74) is 2.82. The van der Waals surface area contributed by atoms with Gasteiger partial charge in [-0.05, 0) is 30.7 Å². The van der Waals surface area contributed by atoms with E-state index in [-0.39, 0.29) is 11.8 Å². The lowest BCUT2D eigenvalue weighted by molar-refractivity contribution is -0.114. The Balaban J connectivity index is 1.98. The lowest BCUT2D eigenvalue weighted by Gasteiger charge is -2.09. The number of rotatable bonds is 5. The normalized spacial score (nSPS) is 10.3. The predicted octanol–water partition coefficient (Wildman–Crippen LogP) is 4.72. The minimum Gasteiger partial charge on any atom is -0.465 e. The van der Waals surface area contributed by atoms with Gasteiger partial charge in [-0.2, -0.15) is 0 Å². The molecule has 1 aromatic heterocycles. The molecule has 0 saturated heterocycles. The highest BCUT2D eigenvalue weighted by Gasteiger charge is 2.25. The van der Waals surface area contributed by atoms with E-state index in [0.29, 0.717) is 21.8 Å². The summed E-state index contributed by atoms with van der Waals surface area (Å²) >= 11 is 1.31. The number of amides is 2. The number of benzene rings is 2. The minimum atomic E-state index is -0.518. The van der Waals surface area contributed by atoms with Gasteiger partial charge in [-0.25, -0.2) is 4.79 Å². The summed E-state index contributed by atoms with van der Waals surface area (Å²) in [5.74, 6) is -1.13. The molecule has 2 N–H and O–H groups in total. The van der Waals surface area contributed by atoms with Gasteiger partial charge in [0.1, 0.15) is 10.6 Å². The number of carbonyl (C=O) groups is 3. The molecule has 2 amide bonds. The van der Waals surface area contributed by atoms with Crippen LogP contribution in [0.5, 0.6) is 0 Å². The third kappa shape index (κ3) is 4.52. The SMILES string of the molecule is COC(=O)c1c(NC(=O)c2cccc(NC(C)=O)c2)sc(C)c1-c1ccccc1. The van der Waals surface area contributed by atoms with Crippen LogP contribution < -0.4 is 10.6 Å². The zero-order valence-corrected chi connectivity index (χ0v) is 17.1. The van der Waals surface area contributed by atoms with Crippen molar-refractivity contribution in [3.05, 3.63) is 70.6 Å². The molecule has 0 spiro atoms. The third-order valence-corrected chi connectivity index (χ3v) is 5.23. The summed E-state index contributed by atoms with van der Waals surface area (Å²) in [4.78, 5) is 37.5. The average molecular weight is 408 g/mol. The van der Waals surface area contributed by atoms with Crippen LogP contribution in [0.3, 0.4) is 0 Å². The first kappa shape index (κ1) is 20.3. The van der Waals surface area contributed by atoms with Gasteiger partial charge in [0, 0.05) is 28.6 Å². The fourth-order valence-corrected chi connectivity index (χ4v) is 4.06. The molecule has 148 valence electrons. The van der Waals surface area contributed by atoms with Crippen molar-refractivity contribution in [1.29, 1.82) is 0 Å². The van der Waals surface area contributed by atoms with Gasteiger partial charge in [0.15, 0.2) is 0 Å². The molecule has 0 aliphatic carbocycles. The lowest BCUT2D eigenvalue weighted by Crippen LogP contribution is -2.15. The van der Waals surface area contributed by atoms with Gasteiger partial charge in [-0.1, -0.05) is 36.4 Å². The quantitative estimate of drug-likeness (QED) is 0.598. The molecule has 0 radical (unpaired) electrons. The molecule has 0 unspecified atom stereocenters. The number of ether oxygens (including phenoxy) is 1. The van der Waals surface area contributed by atoms with Crippen LogP contribution in [0.2, 0.25) is 0 Å². The first-order chi connectivity index (χ1) is 13.9. The Bertz CT molecular complexity index is 1070. The number of thiophene rings is 1. The van der Waals surface area contributed by atoms with E-state index in [1.165, 1.54) is 25.4 Å². The van der Waals surface area contributed by atoms with E-state index in [1.807, 2.05) is 37.3 Å². The Morgan fingerprint density at radius 2 is 1.69 bits per heavy atom. The van der Waals surface area contributed by atoms with Crippen LogP contribution in [0.15, 0.2) is 54.6 Å². The molecule has 6 nitrogen and oxygen atoms in total. The van der Waals surface area contributed by atoms with E-state index in [2.05, 4.69) is 10.6 Å². The summed E-state index contributed by atoms with van der Waals surface area (Å²) in [6.45, 7) is 3.29. The van der Waals surface area contributed by atoms with Crippen molar-refractivity contribution in [3.8, 4) is 11.1 Å². The summed E-state index contributed by atoms with van der Waals surface area (Å²) in [7, 11) is 1.31. The number of carbonyl (C=O) groups excluding carboxylic acids is 3. The number of anilines is 2. The minimum absolute atomic E-state index is 0.225. The molecule has 0 saturated carbocycles. The Kier molecular flexibility index (Phi) is 6.09. The molecule has 3 aromatic rings. The fourth-order valence-electron chi connectivity index (χ4n) is 3.00. The number of aryl methyl sites for hydroxylation is 1. The van der Waals surface area contributed by atoms with Crippen LogP contribution in [-0.2, 0) is 9.53 Å². The van der Waals surface area contributed by atoms with Crippen molar-refractivity contribution in [2.24, 2.45) is 0 Å². The Morgan fingerprint density at radius 3 is 2.34 bits per heavy atom. The highest BCUT2D eigenvalue weighted by atomic mass is 32.1. The molecule has 0 aliphatic heterocycles. The Morgan fingerprint density at radius 1 is 0.966 bits per heavy atom. The second-order valence-corrected chi connectivity index (χ2v) is 7.54. The average Bonchev–Trinajstić information content (AvgIpc) is 3.03. The molecule has 7 heteroatoms. The van der Waals surface area contributed by atoms with Crippen molar-refractivity contribution >= 4 is 39.8 Å². The van der Waals surface area contributed by atoms with Gasteiger partial charge < -0.3 is 15.4 Å². The predicted molar refractivity (Wildman–Crippen MR) is 115 cm³/mol. The molecular formula is C22H20N2O4S. The molecular weight excluding hydrogens is 388 g/mol. The summed E-state index contributed by atoms with van der Waals surface area (Å²) < 4.78 is 4.97. The summed E-state index contributed by atoms with van der Waals surface area (Å²) in [6.07, 6.45) is 0. The van der Waals surface area contributed by atoms with Crippen LogP contribution >= 0.6 is 11.3 Å². The zero-order valence-electron chi connectivity index (χ0n) is 16.2. The van der Waals surface area contributed by atoms with E-state index in [4.69, 9.17) is 4.74 Å². The van der Waals surface area contributed by atoms with Crippen molar-refractivity contribution in [3.63, 3.8) is 0 Å². The second-order valence-electron chi connectivity index (χ2n) is 6.31. The maximum Gasteiger partial charge on any atom is 0.341 e. The van der Waals surface area contributed by atoms with Crippen molar-refractivity contribution in [2.75, 3.05) is 17.7 Å². The maximum absolute atomic E-state index is 12.8. The lowest BCUT2D eigenvalue weighted by atomic mass is 10.0. The zero-order chi connectivity index (χ0) is 21.0. The summed E-state index contributed by atoms with van der Waals surface area (Å²) in [6, 6.07) is 16.1. The van der Waals surface area contributed by atoms with Crippen molar-refractivity contribution in [1.82, 2.24) is 0 Å². The molecule has 2 aromatic carbocycles. The van der Waals surface area contributed by atoms with Gasteiger partial charge in [0.05, 0.1) is 7.11 Å². The smallest absolute Gasteiger partial charge is 0.341 e. The number of nitrogens with one attached hydrogen (secondary N) is 2. The number of esters is 1. The van der Waals surface area contributed by atoms with Gasteiger partial charge in [-0.15, -0.1) is 11.3 Å². The molecule has 0 atom stereocenters. The monoisotopic (exact) mass is 408 g/mol. The third-order valence-electron chi connectivity index (χ3n) is 4.21. The molecule has 1 heterocycles. The van der Waals surface area contributed by atoms with E-state index < -0.39 is 5.97 Å². The van der Waals surface area contributed by atoms with Gasteiger partial charge in [0.2, 0.25) is 5.91 Å². The Labute approximate surface area is 172 Å². The summed E-state index contributed by atoms with van der Waals surface area (Å²) in [5, 5.41) is 5.89. The van der Waals surface area contributed by atoms with Gasteiger partial charge in [-0.3, -0.25) is 9.59 Å². The van der Waals surface area contributed by atoms with Gasteiger partial charge in [0.25, 0.3) is 5.91 Å². The van der Waals surface area contributed by atoms with Crippen LogP contribution in [0.1, 0.15) is 32.5 Å². The topological polar surface area (TPSA) is 84.5 Å². The standard InChI is InChI=1S/C22H20N2O4S/c1-13-18(15-8-5-4-6-9-15)19(22(27)28-3)21(29-13)24-20(26)16-10-7-11-17(12-16)23-14(2)25/h4-12H,1-3H3,(H,23,25)(H,24,26). The Hall–Kier alpha value is -3.45. The second kappa shape index (κ2) is 8.70. The molecule has 29 heavy (non-hydrogen) atoms. The fraction of sp³-hybridized carbons (Fsp3) is 0.136. The van der Waals surface area contributed by atoms with Crippen LogP contribution in [0, 0.1) is 6.92 Å². The molecule has 0 fully saturated rings. The highest BCUT2D eigenvalue weighted by molar-refractivity contribution is 7.17. The first-order valence-corrected chi connectivity index (χ1v) is 9.68. The van der Waals surface area contributed by atoms with Gasteiger partial charge >= 0.3 is 5.97 Å². The molecule has 0 bridgehead atoms. The van der Waals surface area contributed by atoms with Crippen molar-refractivity contribution in [2.45, 2.75) is 13.8 Å². The maximum atomic E-state index is 12.8. The number of hydrogen-bond donors (Lipinski definition) is 2. The number of methoxy groups -OCH3 is 1. The largest absolute Gasteiger partial charge is 0.465 e. The first-order valence-electron chi connectivity index (χ1n) is 8.87.